The molecule has 0 radical (unpaired) electrons. The van der Waals surface area contributed by atoms with Gasteiger partial charge in [0.15, 0.2) is 0 Å². The van der Waals surface area contributed by atoms with E-state index in [0.29, 0.717) is 18.5 Å². The molecule has 1 N–H and O–H groups in total. The lowest BCUT2D eigenvalue weighted by atomic mass is 9.96. The minimum atomic E-state index is -0.405. The Morgan fingerprint density at radius 1 is 1.24 bits per heavy atom. The number of aromatic nitrogens is 4. The molecule has 6 rings (SSSR count). The second-order valence-corrected chi connectivity index (χ2v) is 9.17. The van der Waals surface area contributed by atoms with Gasteiger partial charge in [-0.25, -0.2) is 9.50 Å². The summed E-state index contributed by atoms with van der Waals surface area (Å²) in [5.41, 5.74) is 6.23. The number of carbonyl (C=O) groups excluding carboxylic acids is 1. The SMILES string of the molecule is Cc1c([C@H]2c3nc[nH]c3CCN2C(=O)c2cnn3cc(CN(C)C)ccc23)oc2ccccc12. The van der Waals surface area contributed by atoms with E-state index >= 15 is 0 Å². The number of imidazole rings is 1. The molecule has 1 aromatic carbocycles. The maximum atomic E-state index is 14.0. The maximum Gasteiger partial charge on any atom is 0.258 e. The summed E-state index contributed by atoms with van der Waals surface area (Å²) in [6.07, 6.45) is 6.06. The molecular weight excluding hydrogens is 428 g/mol. The van der Waals surface area contributed by atoms with E-state index in [9.17, 15) is 4.79 Å². The van der Waals surface area contributed by atoms with Gasteiger partial charge in [0.2, 0.25) is 0 Å². The number of hydrogen-bond donors (Lipinski definition) is 1. The van der Waals surface area contributed by atoms with Gasteiger partial charge in [-0.05, 0) is 38.7 Å². The van der Waals surface area contributed by atoms with Gasteiger partial charge in [0.25, 0.3) is 5.91 Å². The standard InChI is InChI=1S/C26H26N6O2/c1-16-18-6-4-5-7-22(18)34-25(16)24-23-20(27-15-28-23)10-11-31(24)26(33)19-12-29-32-14-17(13-30(2)3)8-9-21(19)32/h4-9,12,14-15,24H,10-11,13H2,1-3H3,(H,27,28)/t24-/m1/s1. The Bertz CT molecular complexity index is 1520. The van der Waals surface area contributed by atoms with Gasteiger partial charge in [-0.15, -0.1) is 0 Å². The normalized spacial score (nSPS) is 16.0. The molecule has 1 amide bonds. The fraction of sp³-hybridized carbons (Fsp3) is 0.269. The van der Waals surface area contributed by atoms with Crippen molar-refractivity contribution in [2.24, 2.45) is 0 Å². The minimum absolute atomic E-state index is 0.0751. The van der Waals surface area contributed by atoms with Crippen LogP contribution in [0.1, 0.15) is 44.7 Å². The third-order valence-corrected chi connectivity index (χ3v) is 6.62. The largest absolute Gasteiger partial charge is 0.458 e. The van der Waals surface area contributed by atoms with Crippen molar-refractivity contribution in [3.8, 4) is 0 Å². The molecule has 0 aliphatic carbocycles. The molecular formula is C26H26N6O2. The zero-order valence-electron chi connectivity index (χ0n) is 19.4. The van der Waals surface area contributed by atoms with E-state index in [1.807, 2.05) is 56.4 Å². The molecule has 1 aliphatic heterocycles. The second-order valence-electron chi connectivity index (χ2n) is 9.17. The molecule has 0 unspecified atom stereocenters. The molecule has 5 aromatic rings. The molecule has 4 aromatic heterocycles. The van der Waals surface area contributed by atoms with Gasteiger partial charge in [0.1, 0.15) is 17.4 Å². The topological polar surface area (TPSA) is 82.7 Å². The summed E-state index contributed by atoms with van der Waals surface area (Å²) >= 11 is 0. The Kier molecular flexibility index (Phi) is 4.77. The highest BCUT2D eigenvalue weighted by Crippen LogP contribution is 2.39. The van der Waals surface area contributed by atoms with Crippen molar-refractivity contribution in [3.63, 3.8) is 0 Å². The number of benzene rings is 1. The molecule has 8 nitrogen and oxygen atoms in total. The van der Waals surface area contributed by atoms with Crippen molar-refractivity contribution >= 4 is 22.4 Å². The number of carbonyl (C=O) groups is 1. The first-order valence-electron chi connectivity index (χ1n) is 11.4. The van der Waals surface area contributed by atoms with Crippen LogP contribution in [0.2, 0.25) is 0 Å². The molecule has 172 valence electrons. The lowest BCUT2D eigenvalue weighted by molar-refractivity contribution is 0.0674. The van der Waals surface area contributed by atoms with Crippen molar-refractivity contribution in [3.05, 3.63) is 89.0 Å². The number of rotatable bonds is 4. The highest BCUT2D eigenvalue weighted by Gasteiger charge is 2.38. The average Bonchev–Trinajstić information content (AvgIpc) is 3.55. The molecule has 8 heteroatoms. The van der Waals surface area contributed by atoms with Crippen LogP contribution >= 0.6 is 0 Å². The van der Waals surface area contributed by atoms with Crippen LogP contribution in [-0.4, -0.2) is 55.9 Å². The van der Waals surface area contributed by atoms with Gasteiger partial charge in [-0.1, -0.05) is 24.3 Å². The van der Waals surface area contributed by atoms with E-state index in [2.05, 4.69) is 32.1 Å². The molecule has 0 saturated heterocycles. The van der Waals surface area contributed by atoms with E-state index in [4.69, 9.17) is 4.42 Å². The van der Waals surface area contributed by atoms with Crippen molar-refractivity contribution in [1.82, 2.24) is 29.4 Å². The van der Waals surface area contributed by atoms with E-state index in [1.54, 1.807) is 17.0 Å². The van der Waals surface area contributed by atoms with Gasteiger partial charge >= 0.3 is 0 Å². The molecule has 34 heavy (non-hydrogen) atoms. The number of amides is 1. The van der Waals surface area contributed by atoms with E-state index in [0.717, 1.165) is 51.3 Å². The maximum absolute atomic E-state index is 14.0. The van der Waals surface area contributed by atoms with Crippen LogP contribution in [0, 0.1) is 6.92 Å². The molecule has 0 saturated carbocycles. The lowest BCUT2D eigenvalue weighted by Crippen LogP contribution is -2.40. The quantitative estimate of drug-likeness (QED) is 0.444. The van der Waals surface area contributed by atoms with Gasteiger partial charge in [0, 0.05) is 42.4 Å². The van der Waals surface area contributed by atoms with Crippen LogP contribution in [0.15, 0.2) is 59.5 Å². The van der Waals surface area contributed by atoms with Crippen molar-refractivity contribution in [1.29, 1.82) is 0 Å². The molecule has 1 atom stereocenters. The summed E-state index contributed by atoms with van der Waals surface area (Å²) < 4.78 is 8.12. The van der Waals surface area contributed by atoms with Crippen LogP contribution in [0.3, 0.4) is 0 Å². The van der Waals surface area contributed by atoms with Crippen LogP contribution in [0.4, 0.5) is 0 Å². The van der Waals surface area contributed by atoms with Gasteiger partial charge < -0.3 is 19.2 Å². The molecule has 5 heterocycles. The minimum Gasteiger partial charge on any atom is -0.458 e. The first kappa shape index (κ1) is 20.7. The Morgan fingerprint density at radius 2 is 2.09 bits per heavy atom. The smallest absolute Gasteiger partial charge is 0.258 e. The number of hydrogen-bond acceptors (Lipinski definition) is 5. The zero-order valence-corrected chi connectivity index (χ0v) is 19.4. The zero-order chi connectivity index (χ0) is 23.4. The second kappa shape index (κ2) is 7.85. The Morgan fingerprint density at radius 3 is 2.91 bits per heavy atom. The lowest BCUT2D eigenvalue weighted by Gasteiger charge is -2.34. The Balaban J connectivity index is 1.44. The predicted molar refractivity (Wildman–Crippen MR) is 129 cm³/mol. The van der Waals surface area contributed by atoms with E-state index < -0.39 is 6.04 Å². The van der Waals surface area contributed by atoms with Crippen LogP contribution < -0.4 is 0 Å². The number of aromatic amines is 1. The summed E-state index contributed by atoms with van der Waals surface area (Å²) in [4.78, 5) is 25.8. The Labute approximate surface area is 196 Å². The van der Waals surface area contributed by atoms with Crippen LogP contribution in [0.5, 0.6) is 0 Å². The first-order chi connectivity index (χ1) is 16.5. The predicted octanol–water partition coefficient (Wildman–Crippen LogP) is 3.96. The molecule has 0 fully saturated rings. The van der Waals surface area contributed by atoms with Crippen LogP contribution in [-0.2, 0) is 13.0 Å². The van der Waals surface area contributed by atoms with E-state index in [1.165, 1.54) is 0 Å². The number of para-hydroxylation sites is 1. The monoisotopic (exact) mass is 454 g/mol. The summed E-state index contributed by atoms with van der Waals surface area (Å²) in [5.74, 6) is 0.682. The highest BCUT2D eigenvalue weighted by molar-refractivity contribution is 6.01. The number of pyridine rings is 1. The number of H-pyrrole nitrogens is 1. The summed E-state index contributed by atoms with van der Waals surface area (Å²) in [7, 11) is 4.06. The number of nitrogens with zero attached hydrogens (tertiary/aromatic N) is 5. The summed E-state index contributed by atoms with van der Waals surface area (Å²) in [5, 5.41) is 5.55. The van der Waals surface area contributed by atoms with Crippen LogP contribution in [0.25, 0.3) is 16.5 Å². The van der Waals surface area contributed by atoms with Crippen molar-refractivity contribution < 1.29 is 9.21 Å². The molecule has 0 bridgehead atoms. The van der Waals surface area contributed by atoms with Crippen molar-refractivity contribution in [2.75, 3.05) is 20.6 Å². The third kappa shape index (κ3) is 3.21. The van der Waals surface area contributed by atoms with Gasteiger partial charge in [-0.3, -0.25) is 4.79 Å². The Hall–Kier alpha value is -3.91. The summed E-state index contributed by atoms with van der Waals surface area (Å²) in [6, 6.07) is 11.6. The van der Waals surface area contributed by atoms with E-state index in [-0.39, 0.29) is 5.91 Å². The number of aryl methyl sites for hydroxylation is 1. The van der Waals surface area contributed by atoms with Gasteiger partial charge in [0.05, 0.1) is 29.3 Å². The van der Waals surface area contributed by atoms with Gasteiger partial charge in [-0.2, -0.15) is 5.10 Å². The molecule has 0 spiro atoms. The summed E-state index contributed by atoms with van der Waals surface area (Å²) in [6.45, 7) is 3.41. The average molecular weight is 455 g/mol. The highest BCUT2D eigenvalue weighted by atomic mass is 16.3. The fourth-order valence-electron chi connectivity index (χ4n) is 5.02. The van der Waals surface area contributed by atoms with Crippen molar-refractivity contribution in [2.45, 2.75) is 25.9 Å². The first-order valence-corrected chi connectivity index (χ1v) is 11.4. The molecule has 1 aliphatic rings. The fourth-order valence-corrected chi connectivity index (χ4v) is 5.02. The third-order valence-electron chi connectivity index (χ3n) is 6.62. The number of nitrogens with one attached hydrogen (secondary N) is 1. The number of fused-ring (bicyclic) bond motifs is 3. The number of furan rings is 1.